The maximum Gasteiger partial charge on any atom is 0.490 e. The summed E-state index contributed by atoms with van der Waals surface area (Å²) in [5.41, 5.74) is 11.4. The molecular weight excluding hydrogens is 1070 g/mol. The van der Waals surface area contributed by atoms with E-state index < -0.39 is 201 Å². The summed E-state index contributed by atoms with van der Waals surface area (Å²) in [6, 6.07) is -6.54. The topological polar surface area (TPSA) is 509 Å². The van der Waals surface area contributed by atoms with Crippen molar-refractivity contribution in [3.63, 3.8) is 0 Å². The van der Waals surface area contributed by atoms with Crippen LogP contribution in [0.2, 0.25) is 0 Å². The van der Waals surface area contributed by atoms with Gasteiger partial charge in [0.05, 0.1) is 19.4 Å². The van der Waals surface area contributed by atoms with E-state index in [1.165, 1.54) is 13.8 Å². The van der Waals surface area contributed by atoms with E-state index in [0.717, 1.165) is 6.92 Å². The van der Waals surface area contributed by atoms with E-state index >= 15 is 0 Å². The molecule has 442 valence electrons. The highest BCUT2D eigenvalue weighted by molar-refractivity contribution is 5.99. The van der Waals surface area contributed by atoms with Crippen LogP contribution in [0.5, 0.6) is 0 Å². The molecule has 0 radical (unpaired) electrons. The van der Waals surface area contributed by atoms with Gasteiger partial charge in [0.15, 0.2) is 0 Å². The van der Waals surface area contributed by atoms with Crippen LogP contribution in [-0.2, 0) is 73.5 Å². The van der Waals surface area contributed by atoms with Crippen molar-refractivity contribution in [2.75, 3.05) is 6.61 Å². The highest BCUT2D eigenvalue weighted by Gasteiger charge is 2.39. The Hall–Kier alpha value is -8.49. The van der Waals surface area contributed by atoms with E-state index in [-0.39, 0.29) is 12.8 Å². The summed E-state index contributed by atoms with van der Waals surface area (Å²) in [4.78, 5) is 175. The van der Waals surface area contributed by atoms with E-state index in [1.807, 2.05) is 0 Å². The average molecular weight is 1140 g/mol. The van der Waals surface area contributed by atoms with Gasteiger partial charge in [0.25, 0.3) is 0 Å². The van der Waals surface area contributed by atoms with Gasteiger partial charge in [-0.3, -0.25) is 57.5 Å². The summed E-state index contributed by atoms with van der Waals surface area (Å²) in [5.74, 6) is -19.8. The summed E-state index contributed by atoms with van der Waals surface area (Å²) in [6.45, 7) is 6.44. The summed E-state index contributed by atoms with van der Waals surface area (Å²) in [7, 11) is 0. The number of aliphatic hydroxyl groups is 1. The molecule has 0 saturated heterocycles. The first-order valence-electron chi connectivity index (χ1n) is 23.8. The first-order valence-corrected chi connectivity index (χ1v) is 23.8. The van der Waals surface area contributed by atoms with Gasteiger partial charge in [0, 0.05) is 19.3 Å². The second kappa shape index (κ2) is 34.3. The number of primary amides is 1. The standard InChI is InChI=1S/C44H66N10O18.C2HF3O2/c1-20(2)15-27(50-42(69)28(17-31(46)56)52-43(70)35(21(3)4)54-39(66)26(12-14-33(59)60)49-37(64)24(45)19-55)41(68)51-29(18-34(61)62)40(67)47-22(5)36(63)48-25(11-13-32(57)58)38(65)53-30(44(71)72)16-23-9-7-6-8-10-23;3-2(4,5)1(6)7/h6-10,20-22,24-30,35,55H,11-19,45H2,1-5H3,(H2,46,56)(H,47,67)(H,48,63)(H,49,64)(H,50,69)(H,51,68)(H,52,70)(H,53,65)(H,54,66)(H,57,58)(H,59,60)(H,61,62)(H,71,72);(H,6,7). The van der Waals surface area contributed by atoms with E-state index in [2.05, 4.69) is 42.5 Å². The zero-order valence-electron chi connectivity index (χ0n) is 43.3. The van der Waals surface area contributed by atoms with Crippen molar-refractivity contribution in [1.29, 1.82) is 0 Å². The summed E-state index contributed by atoms with van der Waals surface area (Å²) in [6.07, 6.45) is -9.70. The van der Waals surface area contributed by atoms with Crippen LogP contribution in [0, 0.1) is 11.8 Å². The zero-order valence-corrected chi connectivity index (χ0v) is 43.3. The molecule has 30 nitrogen and oxygen atoms in total. The third-order valence-corrected chi connectivity index (χ3v) is 10.6. The number of benzene rings is 1. The fourth-order valence-electron chi connectivity index (χ4n) is 6.53. The van der Waals surface area contributed by atoms with Gasteiger partial charge in [-0.05, 0) is 43.6 Å². The number of aliphatic hydroxyl groups excluding tert-OH is 1. The third kappa shape index (κ3) is 28.5. The summed E-state index contributed by atoms with van der Waals surface area (Å²) in [5, 5.41) is 72.3. The number of hydrogen-bond acceptors (Lipinski definition) is 16. The Morgan fingerprint density at radius 3 is 1.35 bits per heavy atom. The van der Waals surface area contributed by atoms with Crippen molar-refractivity contribution in [3.8, 4) is 0 Å². The molecule has 9 unspecified atom stereocenters. The molecule has 33 heteroatoms. The molecule has 18 N–H and O–H groups in total. The van der Waals surface area contributed by atoms with Crippen LogP contribution in [-0.4, -0.2) is 181 Å². The quantitative estimate of drug-likeness (QED) is 0.0318. The number of carbonyl (C=O) groups excluding carboxylic acids is 9. The lowest BCUT2D eigenvalue weighted by molar-refractivity contribution is -0.192. The summed E-state index contributed by atoms with van der Waals surface area (Å²) < 4.78 is 31.7. The normalized spacial score (nSPS) is 14.4. The van der Waals surface area contributed by atoms with Crippen LogP contribution in [0.15, 0.2) is 30.3 Å². The lowest BCUT2D eigenvalue weighted by Crippen LogP contribution is -2.61. The van der Waals surface area contributed by atoms with E-state index in [1.54, 1.807) is 44.2 Å². The fraction of sp³-hybridized carbons (Fsp3) is 0.565. The number of halogens is 3. The van der Waals surface area contributed by atoms with Gasteiger partial charge in [-0.15, -0.1) is 0 Å². The lowest BCUT2D eigenvalue weighted by atomic mass is 10.00. The van der Waals surface area contributed by atoms with Crippen molar-refractivity contribution in [1.82, 2.24) is 42.5 Å². The number of rotatable bonds is 33. The monoisotopic (exact) mass is 1140 g/mol. The van der Waals surface area contributed by atoms with Crippen molar-refractivity contribution >= 4 is 83.0 Å². The Labute approximate surface area is 448 Å². The number of aliphatic carboxylic acids is 5. The van der Waals surface area contributed by atoms with Gasteiger partial charge in [-0.1, -0.05) is 58.0 Å². The largest absolute Gasteiger partial charge is 0.490 e. The van der Waals surface area contributed by atoms with Crippen LogP contribution in [0.25, 0.3) is 0 Å². The molecule has 9 amide bonds. The lowest BCUT2D eigenvalue weighted by Gasteiger charge is -2.28. The van der Waals surface area contributed by atoms with E-state index in [4.69, 9.17) is 26.5 Å². The second-order valence-corrected chi connectivity index (χ2v) is 18.2. The number of carboxylic acid groups (broad SMARTS) is 5. The van der Waals surface area contributed by atoms with Crippen molar-refractivity contribution in [2.45, 2.75) is 147 Å². The highest BCUT2D eigenvalue weighted by atomic mass is 19.4. The maximum atomic E-state index is 13.8. The molecule has 1 rings (SSSR count). The van der Waals surface area contributed by atoms with Crippen molar-refractivity contribution in [2.24, 2.45) is 23.3 Å². The van der Waals surface area contributed by atoms with Gasteiger partial charge >= 0.3 is 36.0 Å². The molecule has 1 aromatic carbocycles. The number of nitrogens with one attached hydrogen (secondary N) is 8. The first kappa shape index (κ1) is 70.5. The van der Waals surface area contributed by atoms with E-state index in [0.29, 0.717) is 5.56 Å². The highest BCUT2D eigenvalue weighted by Crippen LogP contribution is 2.14. The van der Waals surface area contributed by atoms with Gasteiger partial charge in [-0.25, -0.2) is 9.59 Å². The molecule has 0 aliphatic heterocycles. The number of amides is 9. The Bertz CT molecular complexity index is 2340. The smallest absolute Gasteiger partial charge is 0.481 e. The molecule has 9 atom stereocenters. The molecule has 79 heavy (non-hydrogen) atoms. The fourth-order valence-corrected chi connectivity index (χ4v) is 6.53. The van der Waals surface area contributed by atoms with Gasteiger partial charge < -0.3 is 84.6 Å². The van der Waals surface area contributed by atoms with Crippen LogP contribution in [0.4, 0.5) is 13.2 Å². The Morgan fingerprint density at radius 2 is 0.924 bits per heavy atom. The van der Waals surface area contributed by atoms with Crippen molar-refractivity contribution in [3.05, 3.63) is 35.9 Å². The number of nitrogens with two attached hydrogens (primary N) is 2. The molecule has 1 aromatic rings. The van der Waals surface area contributed by atoms with Gasteiger partial charge in [0.2, 0.25) is 53.2 Å². The van der Waals surface area contributed by atoms with Crippen LogP contribution in [0.3, 0.4) is 0 Å². The van der Waals surface area contributed by atoms with Crippen molar-refractivity contribution < 1.29 is 111 Å². The molecule has 0 spiro atoms. The molecule has 0 aliphatic rings. The van der Waals surface area contributed by atoms with Gasteiger partial charge in [-0.2, -0.15) is 13.2 Å². The third-order valence-electron chi connectivity index (χ3n) is 10.6. The van der Waals surface area contributed by atoms with Gasteiger partial charge in [0.1, 0.15) is 54.4 Å². The number of hydrogen-bond donors (Lipinski definition) is 16. The van der Waals surface area contributed by atoms with Crippen LogP contribution in [0.1, 0.15) is 85.1 Å². The average Bonchev–Trinajstić information content (AvgIpc) is 3.33. The minimum Gasteiger partial charge on any atom is -0.481 e. The molecule has 0 bridgehead atoms. The molecule has 0 fully saturated rings. The predicted molar refractivity (Wildman–Crippen MR) is 262 cm³/mol. The minimum absolute atomic E-state index is 0.175. The summed E-state index contributed by atoms with van der Waals surface area (Å²) >= 11 is 0. The molecule has 0 heterocycles. The maximum absolute atomic E-state index is 13.8. The zero-order chi connectivity index (χ0) is 61.1. The number of carbonyl (C=O) groups is 14. The predicted octanol–water partition coefficient (Wildman–Crippen LogP) is -4.05. The number of alkyl halides is 3. The molecule has 0 aromatic heterocycles. The van der Waals surface area contributed by atoms with Crippen LogP contribution >= 0.6 is 0 Å². The first-order chi connectivity index (χ1) is 36.5. The van der Waals surface area contributed by atoms with Crippen LogP contribution < -0.4 is 54.0 Å². The van der Waals surface area contributed by atoms with E-state index in [9.17, 15) is 95.9 Å². The Morgan fingerprint density at radius 1 is 0.519 bits per heavy atom. The second-order valence-electron chi connectivity index (χ2n) is 18.2. The SMILES string of the molecule is CC(C)CC(NC(=O)C(CC(N)=O)NC(=O)C(NC(=O)C(CCC(=O)O)NC(=O)C(N)CO)C(C)C)C(=O)NC(CC(=O)O)C(=O)NC(C)C(=O)NC(CCC(=O)O)C(=O)NC(Cc1ccccc1)C(=O)O.O=C(O)C(F)(F)F. The molecule has 0 saturated carbocycles. The number of carboxylic acids is 5. The molecule has 0 aliphatic carbocycles. The Balaban J connectivity index is 0.00000809. The minimum atomic E-state index is -5.08. The molecular formula is C46H67F3N10O20. The Kier molecular flexibility index (Phi) is 30.6.